The van der Waals surface area contributed by atoms with Gasteiger partial charge in [0.15, 0.2) is 0 Å². The van der Waals surface area contributed by atoms with Crippen LogP contribution in [0.5, 0.6) is 0 Å². The Morgan fingerprint density at radius 2 is 0.662 bits per heavy atom. The van der Waals surface area contributed by atoms with Crippen molar-refractivity contribution in [1.29, 1.82) is 0 Å². The molecule has 2 unspecified atom stereocenters. The fourth-order valence-electron chi connectivity index (χ4n) is 7.50. The highest BCUT2D eigenvalue weighted by Crippen LogP contribution is 2.32. The summed E-state index contributed by atoms with van der Waals surface area (Å²) in [7, 11) is 0. The summed E-state index contributed by atoms with van der Waals surface area (Å²) in [6, 6.07) is 0. The van der Waals surface area contributed by atoms with Crippen LogP contribution in [0.3, 0.4) is 0 Å². The molecule has 0 aromatic heterocycles. The van der Waals surface area contributed by atoms with E-state index in [9.17, 15) is 19.2 Å². The number of unbranched alkanes of at least 4 members (excludes halogenated alkanes) is 8. The maximum Gasteiger partial charge on any atom is 0.311 e. The fourth-order valence-corrected chi connectivity index (χ4v) is 7.50. The largest absolute Gasteiger partial charge is 0.465 e. The molecule has 8 nitrogen and oxygen atoms in total. The third kappa shape index (κ3) is 35.7. The van der Waals surface area contributed by atoms with Crippen LogP contribution in [0.2, 0.25) is 0 Å². The van der Waals surface area contributed by atoms with Gasteiger partial charge < -0.3 is 18.9 Å². The second-order valence-corrected chi connectivity index (χ2v) is 23.3. The molecule has 0 aliphatic carbocycles. The van der Waals surface area contributed by atoms with E-state index < -0.39 is 0 Å². The van der Waals surface area contributed by atoms with E-state index >= 15 is 0 Å². The standard InChI is InChI=1S/2C17H34O2.C15H30O2.C14H28O2/c1-8-13(9-2)15(14(10-3)11-4)19-16(18)17(6,7)12-5;1-6-9-11-13-15(14-12-10-7-2)19-16(18)17(4,5)8-3;1-6-9-10-11-12-13(7-2)17-14(16)15(4,5)8-3;1-6-9-10-12(7-2)11-16-13(15)14(4,5)8-3/h13-15H,8-12H2,1-7H3;15H,6-14H2,1-5H3;13H,6-12H2,1-5H3;12H,6-11H2,1-5H3. The van der Waals surface area contributed by atoms with Crippen LogP contribution in [0.1, 0.15) is 319 Å². The first-order valence-corrected chi connectivity index (χ1v) is 30.1. The van der Waals surface area contributed by atoms with Gasteiger partial charge >= 0.3 is 23.9 Å². The van der Waals surface area contributed by atoms with Crippen molar-refractivity contribution >= 4 is 23.9 Å². The zero-order valence-corrected chi connectivity index (χ0v) is 51.8. The minimum atomic E-state index is -0.365. The molecule has 0 aromatic rings. The number of esters is 4. The van der Waals surface area contributed by atoms with E-state index in [-0.39, 0.29) is 63.8 Å². The highest BCUT2D eigenvalue weighted by Gasteiger charge is 2.35. The maximum absolute atomic E-state index is 12.4. The van der Waals surface area contributed by atoms with E-state index in [1.807, 2.05) is 83.1 Å². The third-order valence-corrected chi connectivity index (χ3v) is 15.7. The zero-order chi connectivity index (χ0) is 55.7. The Balaban J connectivity index is -0.000000423. The summed E-state index contributed by atoms with van der Waals surface area (Å²) in [5.74, 6) is 1.37. The lowest BCUT2D eigenvalue weighted by Crippen LogP contribution is -2.38. The molecule has 0 aromatic carbocycles. The number of ether oxygens (including phenoxy) is 4. The molecule has 71 heavy (non-hydrogen) atoms. The topological polar surface area (TPSA) is 105 Å². The van der Waals surface area contributed by atoms with Crippen molar-refractivity contribution in [1.82, 2.24) is 0 Å². The maximum atomic E-state index is 12.4. The van der Waals surface area contributed by atoms with E-state index in [0.717, 1.165) is 83.5 Å². The monoisotopic (exact) mass is 1010 g/mol. The highest BCUT2D eigenvalue weighted by atomic mass is 16.6. The van der Waals surface area contributed by atoms with Crippen LogP contribution in [0.15, 0.2) is 0 Å². The Labute approximate surface area is 443 Å². The number of hydrogen-bond acceptors (Lipinski definition) is 8. The van der Waals surface area contributed by atoms with Gasteiger partial charge in [0, 0.05) is 0 Å². The van der Waals surface area contributed by atoms with E-state index in [1.165, 1.54) is 83.5 Å². The Morgan fingerprint density at radius 3 is 1.00 bits per heavy atom. The quantitative estimate of drug-likeness (QED) is 0.0344. The van der Waals surface area contributed by atoms with Gasteiger partial charge in [0.1, 0.15) is 18.3 Å². The first-order valence-electron chi connectivity index (χ1n) is 30.1. The van der Waals surface area contributed by atoms with Crippen molar-refractivity contribution in [2.75, 3.05) is 6.61 Å². The predicted molar refractivity (Wildman–Crippen MR) is 306 cm³/mol. The fraction of sp³-hybridized carbons (Fsp3) is 0.937. The van der Waals surface area contributed by atoms with Crippen LogP contribution in [0.4, 0.5) is 0 Å². The normalized spacial score (nSPS) is 12.8. The lowest BCUT2D eigenvalue weighted by atomic mass is 9.83. The van der Waals surface area contributed by atoms with Gasteiger partial charge in [-0.1, -0.05) is 161 Å². The van der Waals surface area contributed by atoms with E-state index in [1.54, 1.807) is 0 Å². The molecular formula is C63H126O8. The van der Waals surface area contributed by atoms with Crippen LogP contribution in [-0.2, 0) is 38.1 Å². The van der Waals surface area contributed by atoms with Crippen LogP contribution >= 0.6 is 0 Å². The van der Waals surface area contributed by atoms with Crippen molar-refractivity contribution in [3.05, 3.63) is 0 Å². The molecule has 0 heterocycles. The van der Waals surface area contributed by atoms with Crippen LogP contribution < -0.4 is 0 Å². The zero-order valence-electron chi connectivity index (χ0n) is 51.8. The summed E-state index contributed by atoms with van der Waals surface area (Å²) in [6.45, 7) is 46.3. The molecule has 0 saturated heterocycles. The smallest absolute Gasteiger partial charge is 0.311 e. The van der Waals surface area contributed by atoms with Gasteiger partial charge in [-0.3, -0.25) is 19.2 Å². The van der Waals surface area contributed by atoms with Gasteiger partial charge in [0.25, 0.3) is 0 Å². The van der Waals surface area contributed by atoms with Crippen molar-refractivity contribution in [3.8, 4) is 0 Å². The van der Waals surface area contributed by atoms with Gasteiger partial charge in [-0.15, -0.1) is 0 Å². The lowest BCUT2D eigenvalue weighted by molar-refractivity contribution is -0.167. The number of hydrogen-bond donors (Lipinski definition) is 0. The van der Waals surface area contributed by atoms with E-state index in [0.29, 0.717) is 24.4 Å². The molecule has 0 aliphatic rings. The Morgan fingerprint density at radius 1 is 0.338 bits per heavy atom. The Hall–Kier alpha value is -2.12. The average molecular weight is 1010 g/mol. The Bertz CT molecular complexity index is 1250. The molecule has 8 heteroatoms. The molecule has 0 fully saturated rings. The summed E-state index contributed by atoms with van der Waals surface area (Å²) >= 11 is 0. The number of rotatable bonds is 37. The number of carbonyl (C=O) groups excluding carboxylic acids is 4. The summed E-state index contributed by atoms with van der Waals surface area (Å²) in [5, 5.41) is 0. The van der Waals surface area contributed by atoms with Gasteiger partial charge in [-0.2, -0.15) is 0 Å². The first kappa shape index (κ1) is 75.4. The van der Waals surface area contributed by atoms with Gasteiger partial charge in [-0.25, -0.2) is 0 Å². The van der Waals surface area contributed by atoms with Crippen LogP contribution in [0.25, 0.3) is 0 Å². The molecular weight excluding hydrogens is 885 g/mol. The summed E-state index contributed by atoms with van der Waals surface area (Å²) in [6.07, 6.45) is 28.9. The Kier molecular flexibility index (Phi) is 46.9. The summed E-state index contributed by atoms with van der Waals surface area (Å²) in [4.78, 5) is 48.2. The highest BCUT2D eigenvalue weighted by molar-refractivity contribution is 5.77. The second-order valence-electron chi connectivity index (χ2n) is 23.3. The van der Waals surface area contributed by atoms with Gasteiger partial charge in [0.2, 0.25) is 0 Å². The molecule has 0 spiro atoms. The van der Waals surface area contributed by atoms with Crippen molar-refractivity contribution in [2.45, 2.75) is 338 Å². The van der Waals surface area contributed by atoms with Crippen LogP contribution in [0, 0.1) is 39.4 Å². The number of carbonyl (C=O) groups is 4. The first-order chi connectivity index (χ1) is 33.3. The van der Waals surface area contributed by atoms with E-state index in [2.05, 4.69) is 69.2 Å². The second kappa shape index (κ2) is 44.2. The average Bonchev–Trinajstić information content (AvgIpc) is 3.35. The van der Waals surface area contributed by atoms with Crippen LogP contribution in [-0.4, -0.2) is 48.8 Å². The SMILES string of the molecule is CCC(CC)C(OC(=O)C(C)(C)CC)C(CC)CC.CCCCC(CC)COC(=O)C(C)(C)CC.CCCCCC(CCCCC)OC(=O)C(C)(C)CC.CCCCCCC(CC)OC(=O)C(C)(C)CC. The van der Waals surface area contributed by atoms with Gasteiger partial charge in [-0.05, 0) is 176 Å². The molecule has 0 amide bonds. The van der Waals surface area contributed by atoms with Gasteiger partial charge in [0.05, 0.1) is 28.3 Å². The minimum absolute atomic E-state index is 0.0204. The molecule has 426 valence electrons. The van der Waals surface area contributed by atoms with Crippen molar-refractivity contribution in [3.63, 3.8) is 0 Å². The van der Waals surface area contributed by atoms with Crippen molar-refractivity contribution < 1.29 is 38.1 Å². The predicted octanol–water partition coefficient (Wildman–Crippen LogP) is 19.6. The third-order valence-electron chi connectivity index (χ3n) is 15.7. The van der Waals surface area contributed by atoms with Crippen molar-refractivity contribution in [2.24, 2.45) is 39.4 Å². The lowest BCUT2D eigenvalue weighted by Gasteiger charge is -2.34. The molecule has 0 rings (SSSR count). The molecule has 0 aliphatic heterocycles. The summed E-state index contributed by atoms with van der Waals surface area (Å²) in [5.41, 5.74) is -1.37. The molecule has 2 atom stereocenters. The molecule has 0 N–H and O–H groups in total. The summed E-state index contributed by atoms with van der Waals surface area (Å²) < 4.78 is 22.7. The molecule has 0 radical (unpaired) electrons. The molecule has 0 bridgehead atoms. The minimum Gasteiger partial charge on any atom is -0.465 e. The molecule has 0 saturated carbocycles. The van der Waals surface area contributed by atoms with E-state index in [4.69, 9.17) is 18.9 Å².